The first-order valence-corrected chi connectivity index (χ1v) is 9.79. The molecule has 1 aliphatic rings. The first-order chi connectivity index (χ1) is 15.0. The first kappa shape index (κ1) is 23.6. The predicted octanol–water partition coefficient (Wildman–Crippen LogP) is 3.68. The molecular weight excluding hydrogens is 432 g/mol. The van der Waals surface area contributed by atoms with Crippen LogP contribution in [0.1, 0.15) is 35.3 Å². The maximum atomic E-state index is 13.5. The van der Waals surface area contributed by atoms with Crippen LogP contribution in [0.25, 0.3) is 11.3 Å². The Labute approximate surface area is 181 Å². The fourth-order valence-electron chi connectivity index (χ4n) is 3.26. The van der Waals surface area contributed by atoms with E-state index < -0.39 is 35.3 Å². The lowest BCUT2D eigenvalue weighted by Gasteiger charge is -2.41. The van der Waals surface area contributed by atoms with Gasteiger partial charge >= 0.3 is 12.1 Å². The van der Waals surface area contributed by atoms with E-state index in [1.165, 1.54) is 6.92 Å². The molecule has 1 aliphatic heterocycles. The van der Waals surface area contributed by atoms with Gasteiger partial charge in [0.05, 0.1) is 43.2 Å². The highest BCUT2D eigenvalue weighted by atomic mass is 19.4. The molecule has 10 heteroatoms. The number of hydrogen-bond acceptors (Lipinski definition) is 5. The monoisotopic (exact) mass is 454 g/mol. The zero-order valence-electron chi connectivity index (χ0n) is 17.6. The van der Waals surface area contributed by atoms with Gasteiger partial charge in [0.15, 0.2) is 0 Å². The molecule has 3 rings (SSSR count). The molecule has 32 heavy (non-hydrogen) atoms. The van der Waals surface area contributed by atoms with Crippen molar-refractivity contribution in [2.45, 2.75) is 37.7 Å². The van der Waals surface area contributed by atoms with Crippen LogP contribution in [0.4, 0.5) is 17.6 Å². The molecule has 0 bridgehead atoms. The fraction of sp³-hybridized carbons (Fsp3) is 0.409. The molecule has 1 amide bonds. The van der Waals surface area contributed by atoms with Crippen molar-refractivity contribution in [1.29, 1.82) is 0 Å². The molecule has 0 spiro atoms. The number of ether oxygens (including phenoxy) is 2. The van der Waals surface area contributed by atoms with Crippen molar-refractivity contribution < 1.29 is 36.6 Å². The second-order valence-electron chi connectivity index (χ2n) is 7.70. The van der Waals surface area contributed by atoms with Crippen molar-refractivity contribution in [1.82, 2.24) is 10.3 Å². The highest BCUT2D eigenvalue weighted by Crippen LogP contribution is 2.36. The minimum Gasteiger partial charge on any atom is -0.465 e. The second kappa shape index (κ2) is 8.85. The highest BCUT2D eigenvalue weighted by Gasteiger charge is 2.48. The summed E-state index contributed by atoms with van der Waals surface area (Å²) in [7, 11) is 1.06. The maximum absolute atomic E-state index is 13.5. The van der Waals surface area contributed by atoms with Gasteiger partial charge in [0.2, 0.25) is 5.91 Å². The maximum Gasteiger partial charge on any atom is 0.417 e. The van der Waals surface area contributed by atoms with Crippen LogP contribution in [-0.4, -0.2) is 49.4 Å². The van der Waals surface area contributed by atoms with Gasteiger partial charge in [0.1, 0.15) is 11.6 Å². The number of hydrogen-bond donors (Lipinski definition) is 1. The average Bonchev–Trinajstić information content (AvgIpc) is 2.71. The molecule has 2 atom stereocenters. The van der Waals surface area contributed by atoms with Crippen LogP contribution in [0, 0.1) is 0 Å². The third kappa shape index (κ3) is 4.45. The molecule has 1 unspecified atom stereocenters. The number of carbonyl (C=O) groups is 2. The number of halogens is 4. The molecule has 6 nitrogen and oxygen atoms in total. The lowest BCUT2D eigenvalue weighted by molar-refractivity contribution is -0.146. The molecule has 1 fully saturated rings. The Balaban J connectivity index is 1.94. The number of aromatic nitrogens is 1. The van der Waals surface area contributed by atoms with E-state index in [-0.39, 0.29) is 30.4 Å². The molecule has 1 saturated heterocycles. The van der Waals surface area contributed by atoms with Crippen LogP contribution in [0.2, 0.25) is 0 Å². The smallest absolute Gasteiger partial charge is 0.417 e. The number of carbonyl (C=O) groups excluding carboxylic acids is 2. The molecule has 0 aliphatic carbocycles. The number of pyridine rings is 1. The Bertz CT molecular complexity index is 1000. The van der Waals surface area contributed by atoms with Crippen molar-refractivity contribution in [3.63, 3.8) is 0 Å². The van der Waals surface area contributed by atoms with Crippen LogP contribution >= 0.6 is 0 Å². The van der Waals surface area contributed by atoms with Crippen molar-refractivity contribution >= 4 is 11.9 Å². The van der Waals surface area contributed by atoms with Gasteiger partial charge in [-0.2, -0.15) is 13.2 Å². The number of esters is 1. The lowest BCUT2D eigenvalue weighted by Crippen LogP contribution is -2.59. The van der Waals surface area contributed by atoms with Gasteiger partial charge in [-0.05, 0) is 25.5 Å². The van der Waals surface area contributed by atoms with E-state index in [4.69, 9.17) is 4.74 Å². The summed E-state index contributed by atoms with van der Waals surface area (Å²) >= 11 is 0. The molecule has 1 aromatic heterocycles. The van der Waals surface area contributed by atoms with E-state index >= 15 is 0 Å². The zero-order chi connectivity index (χ0) is 23.7. The van der Waals surface area contributed by atoms with Gasteiger partial charge in [-0.25, -0.2) is 9.18 Å². The average molecular weight is 454 g/mol. The summed E-state index contributed by atoms with van der Waals surface area (Å²) in [6.45, 7) is 3.12. The summed E-state index contributed by atoms with van der Waals surface area (Å²) in [5.41, 5.74) is -1.43. The highest BCUT2D eigenvalue weighted by molar-refractivity contribution is 5.96. The van der Waals surface area contributed by atoms with Crippen molar-refractivity contribution in [2.75, 3.05) is 20.3 Å². The standard InChI is InChI=1S/C22H22F4N2O4/c1-12(23)13(2)28-20(30)21(10-32-11-21)15-6-4-14(5-7-15)18-17(19(29)31-3)8-16(9-27-18)22(24,25)26/h4-9,12-13H,10-11H2,1-3H3,(H,28,30)/t12-,13?/m1/s1. The summed E-state index contributed by atoms with van der Waals surface area (Å²) in [5.74, 6) is -1.34. The van der Waals surface area contributed by atoms with Crippen LogP contribution < -0.4 is 5.32 Å². The van der Waals surface area contributed by atoms with Crippen LogP contribution in [-0.2, 0) is 25.9 Å². The first-order valence-electron chi connectivity index (χ1n) is 9.79. The number of rotatable bonds is 6. The molecule has 0 radical (unpaired) electrons. The van der Waals surface area contributed by atoms with Crippen LogP contribution in [0.15, 0.2) is 36.5 Å². The SMILES string of the molecule is COC(=O)c1cc(C(F)(F)F)cnc1-c1ccc(C2(C(=O)NC(C)[C@@H](C)F)COC2)cc1. The Kier molecular flexibility index (Phi) is 6.54. The normalized spacial score (nSPS) is 17.1. The van der Waals surface area contributed by atoms with Gasteiger partial charge < -0.3 is 14.8 Å². The van der Waals surface area contributed by atoms with E-state index in [1.807, 2.05) is 0 Å². The quantitative estimate of drug-likeness (QED) is 0.532. The number of benzene rings is 1. The minimum absolute atomic E-state index is 0.0136. The van der Waals surface area contributed by atoms with Gasteiger partial charge in [0.25, 0.3) is 0 Å². The molecule has 2 aromatic rings. The topological polar surface area (TPSA) is 77.5 Å². The summed E-state index contributed by atoms with van der Waals surface area (Å²) in [5, 5.41) is 2.64. The fourth-order valence-corrected chi connectivity index (χ4v) is 3.26. The van der Waals surface area contributed by atoms with Gasteiger partial charge in [-0.3, -0.25) is 9.78 Å². The Hall–Kier alpha value is -3.01. The van der Waals surface area contributed by atoms with E-state index in [9.17, 15) is 27.2 Å². The number of methoxy groups -OCH3 is 1. The van der Waals surface area contributed by atoms with Gasteiger partial charge in [-0.1, -0.05) is 24.3 Å². The Morgan fingerprint density at radius 2 is 1.81 bits per heavy atom. The second-order valence-corrected chi connectivity index (χ2v) is 7.70. The molecule has 1 N–H and O–H groups in total. The summed E-state index contributed by atoms with van der Waals surface area (Å²) in [6.07, 6.45) is -5.26. The van der Waals surface area contributed by atoms with E-state index in [0.717, 1.165) is 7.11 Å². The number of alkyl halides is 4. The number of nitrogens with one attached hydrogen (secondary N) is 1. The van der Waals surface area contributed by atoms with E-state index in [0.29, 0.717) is 23.4 Å². The molecule has 0 saturated carbocycles. The third-order valence-corrected chi connectivity index (χ3v) is 5.51. The van der Waals surface area contributed by atoms with Crippen molar-refractivity contribution in [3.05, 3.63) is 53.2 Å². The van der Waals surface area contributed by atoms with Crippen molar-refractivity contribution in [3.8, 4) is 11.3 Å². The number of nitrogens with zero attached hydrogens (tertiary/aromatic N) is 1. The predicted molar refractivity (Wildman–Crippen MR) is 107 cm³/mol. The van der Waals surface area contributed by atoms with Crippen LogP contribution in [0.3, 0.4) is 0 Å². The molecular formula is C22H22F4N2O4. The Morgan fingerprint density at radius 1 is 1.19 bits per heavy atom. The molecule has 172 valence electrons. The minimum atomic E-state index is -4.67. The molecule has 2 heterocycles. The largest absolute Gasteiger partial charge is 0.465 e. The Morgan fingerprint density at radius 3 is 2.28 bits per heavy atom. The van der Waals surface area contributed by atoms with Gasteiger partial charge in [-0.15, -0.1) is 0 Å². The lowest BCUT2D eigenvalue weighted by atomic mass is 9.77. The van der Waals surface area contributed by atoms with Crippen molar-refractivity contribution in [2.24, 2.45) is 0 Å². The molecule has 1 aromatic carbocycles. The number of amides is 1. The summed E-state index contributed by atoms with van der Waals surface area (Å²) in [6, 6.07) is 6.33. The van der Waals surface area contributed by atoms with E-state index in [2.05, 4.69) is 15.0 Å². The summed E-state index contributed by atoms with van der Waals surface area (Å²) < 4.78 is 62.5. The van der Waals surface area contributed by atoms with Crippen LogP contribution in [0.5, 0.6) is 0 Å². The zero-order valence-corrected chi connectivity index (χ0v) is 17.6. The van der Waals surface area contributed by atoms with Gasteiger partial charge in [0, 0.05) is 11.8 Å². The summed E-state index contributed by atoms with van der Waals surface area (Å²) in [4.78, 5) is 28.7. The third-order valence-electron chi connectivity index (χ3n) is 5.51. The van der Waals surface area contributed by atoms with E-state index in [1.54, 1.807) is 31.2 Å².